The summed E-state index contributed by atoms with van der Waals surface area (Å²) in [5.74, 6) is 0. The lowest BCUT2D eigenvalue weighted by atomic mass is 10.1. The molecule has 3 atom stereocenters. The summed E-state index contributed by atoms with van der Waals surface area (Å²) in [4.78, 5) is 0. The summed E-state index contributed by atoms with van der Waals surface area (Å²) in [5, 5.41) is 0. The van der Waals surface area contributed by atoms with Crippen molar-refractivity contribution in [2.45, 2.75) is 57.8 Å². The van der Waals surface area contributed by atoms with Gasteiger partial charge in [-0.25, -0.2) is 0 Å². The van der Waals surface area contributed by atoms with Crippen molar-refractivity contribution < 1.29 is 18.9 Å². The van der Waals surface area contributed by atoms with E-state index in [2.05, 4.69) is 13.8 Å². The van der Waals surface area contributed by atoms with E-state index in [1.54, 1.807) is 14.2 Å². The van der Waals surface area contributed by atoms with E-state index in [0.717, 1.165) is 32.5 Å². The molecule has 0 spiro atoms. The SMILES string of the molecule is [CH2]CC(OC(C)COC)C(CC)OCCCCOC. The van der Waals surface area contributed by atoms with Crippen LogP contribution in [-0.2, 0) is 18.9 Å². The van der Waals surface area contributed by atoms with Gasteiger partial charge in [0.05, 0.1) is 24.9 Å². The van der Waals surface area contributed by atoms with Crippen LogP contribution < -0.4 is 0 Å². The fourth-order valence-electron chi connectivity index (χ4n) is 1.99. The molecule has 0 aliphatic heterocycles. The first kappa shape index (κ1) is 18.8. The van der Waals surface area contributed by atoms with Crippen LogP contribution in [0.5, 0.6) is 0 Å². The Balaban J connectivity index is 3.99. The van der Waals surface area contributed by atoms with Crippen molar-refractivity contribution in [2.75, 3.05) is 34.0 Å². The van der Waals surface area contributed by atoms with E-state index in [1.807, 2.05) is 6.92 Å². The van der Waals surface area contributed by atoms with Gasteiger partial charge in [-0.2, -0.15) is 0 Å². The third-order valence-electron chi connectivity index (χ3n) is 2.98. The molecule has 0 aliphatic rings. The lowest BCUT2D eigenvalue weighted by molar-refractivity contribution is -0.111. The zero-order valence-electron chi connectivity index (χ0n) is 13.0. The third-order valence-corrected chi connectivity index (χ3v) is 2.98. The molecule has 115 valence electrons. The Morgan fingerprint density at radius 1 is 1.00 bits per heavy atom. The predicted octanol–water partition coefficient (Wildman–Crippen LogP) is 2.85. The second-order valence-corrected chi connectivity index (χ2v) is 4.75. The maximum absolute atomic E-state index is 5.93. The molecule has 0 amide bonds. The van der Waals surface area contributed by atoms with Gasteiger partial charge in [-0.1, -0.05) is 13.8 Å². The fourth-order valence-corrected chi connectivity index (χ4v) is 1.99. The van der Waals surface area contributed by atoms with Gasteiger partial charge in [0.1, 0.15) is 0 Å². The summed E-state index contributed by atoms with van der Waals surface area (Å²) in [6, 6.07) is 0. The molecule has 4 heteroatoms. The molecule has 0 rings (SSSR count). The highest BCUT2D eigenvalue weighted by Gasteiger charge is 2.21. The molecule has 0 aromatic heterocycles. The van der Waals surface area contributed by atoms with Gasteiger partial charge in [0.15, 0.2) is 0 Å². The highest BCUT2D eigenvalue weighted by atomic mass is 16.6. The Bertz CT molecular complexity index is 187. The van der Waals surface area contributed by atoms with Crippen LogP contribution in [0.3, 0.4) is 0 Å². The van der Waals surface area contributed by atoms with Crippen LogP contribution in [-0.4, -0.2) is 52.4 Å². The molecule has 0 saturated heterocycles. The van der Waals surface area contributed by atoms with Gasteiger partial charge in [-0.15, -0.1) is 0 Å². The van der Waals surface area contributed by atoms with E-state index < -0.39 is 0 Å². The highest BCUT2D eigenvalue weighted by Crippen LogP contribution is 2.15. The molecule has 0 aromatic rings. The number of rotatable bonds is 13. The first-order chi connectivity index (χ1) is 9.19. The van der Waals surface area contributed by atoms with Gasteiger partial charge < -0.3 is 18.9 Å². The molecular formula is C15H31O4. The van der Waals surface area contributed by atoms with E-state index in [-0.39, 0.29) is 18.3 Å². The fraction of sp³-hybridized carbons (Fsp3) is 0.933. The summed E-state index contributed by atoms with van der Waals surface area (Å²) >= 11 is 0. The molecular weight excluding hydrogens is 244 g/mol. The molecule has 19 heavy (non-hydrogen) atoms. The van der Waals surface area contributed by atoms with Crippen LogP contribution in [0.2, 0.25) is 0 Å². The Morgan fingerprint density at radius 2 is 1.68 bits per heavy atom. The topological polar surface area (TPSA) is 36.9 Å². The van der Waals surface area contributed by atoms with Gasteiger partial charge in [0, 0.05) is 27.4 Å². The molecule has 0 saturated carbocycles. The summed E-state index contributed by atoms with van der Waals surface area (Å²) < 4.78 is 21.9. The normalized spacial score (nSPS) is 16.3. The van der Waals surface area contributed by atoms with Crippen molar-refractivity contribution in [1.29, 1.82) is 0 Å². The Labute approximate surface area is 118 Å². The largest absolute Gasteiger partial charge is 0.385 e. The Morgan fingerprint density at radius 3 is 2.21 bits per heavy atom. The maximum Gasteiger partial charge on any atom is 0.0841 e. The van der Waals surface area contributed by atoms with E-state index in [0.29, 0.717) is 13.0 Å². The monoisotopic (exact) mass is 275 g/mol. The Kier molecular flexibility index (Phi) is 12.7. The standard InChI is InChI=1S/C15H31O4/c1-6-14(18-11-9-8-10-16-4)15(7-2)19-13(3)12-17-5/h13-15H,2,6-12H2,1,3-5H3. The van der Waals surface area contributed by atoms with E-state index in [9.17, 15) is 0 Å². The molecule has 0 aliphatic carbocycles. The summed E-state index contributed by atoms with van der Waals surface area (Å²) in [5.41, 5.74) is 0. The molecule has 4 nitrogen and oxygen atoms in total. The van der Waals surface area contributed by atoms with Crippen molar-refractivity contribution >= 4 is 0 Å². The van der Waals surface area contributed by atoms with Crippen LogP contribution in [0.15, 0.2) is 0 Å². The highest BCUT2D eigenvalue weighted by molar-refractivity contribution is 4.72. The summed E-state index contributed by atoms with van der Waals surface area (Å²) in [7, 11) is 3.40. The minimum absolute atomic E-state index is 0.0394. The van der Waals surface area contributed by atoms with Crippen molar-refractivity contribution in [2.24, 2.45) is 0 Å². The first-order valence-corrected chi connectivity index (χ1v) is 7.23. The van der Waals surface area contributed by atoms with E-state index in [4.69, 9.17) is 18.9 Å². The number of methoxy groups -OCH3 is 2. The summed E-state index contributed by atoms with van der Waals surface area (Å²) in [6.07, 6.45) is 3.92. The van der Waals surface area contributed by atoms with Crippen LogP contribution in [0.4, 0.5) is 0 Å². The van der Waals surface area contributed by atoms with Crippen LogP contribution in [0.1, 0.15) is 39.5 Å². The van der Waals surface area contributed by atoms with Gasteiger partial charge in [-0.3, -0.25) is 0 Å². The molecule has 0 heterocycles. The van der Waals surface area contributed by atoms with Gasteiger partial charge in [0.2, 0.25) is 0 Å². The lowest BCUT2D eigenvalue weighted by Gasteiger charge is -2.28. The van der Waals surface area contributed by atoms with E-state index >= 15 is 0 Å². The average molecular weight is 275 g/mol. The number of ether oxygens (including phenoxy) is 4. The van der Waals surface area contributed by atoms with Crippen molar-refractivity contribution in [3.8, 4) is 0 Å². The number of hydrogen-bond donors (Lipinski definition) is 0. The van der Waals surface area contributed by atoms with Crippen molar-refractivity contribution in [1.82, 2.24) is 0 Å². The molecule has 1 radical (unpaired) electrons. The van der Waals surface area contributed by atoms with Crippen molar-refractivity contribution in [3.63, 3.8) is 0 Å². The average Bonchev–Trinajstić information content (AvgIpc) is 2.41. The lowest BCUT2D eigenvalue weighted by Crippen LogP contribution is -2.35. The quantitative estimate of drug-likeness (QED) is 0.484. The number of unbranched alkanes of at least 4 members (excludes halogenated alkanes) is 1. The minimum atomic E-state index is 0.0394. The predicted molar refractivity (Wildman–Crippen MR) is 77.3 cm³/mol. The smallest absolute Gasteiger partial charge is 0.0841 e. The van der Waals surface area contributed by atoms with Gasteiger partial charge in [-0.05, 0) is 32.6 Å². The zero-order chi connectivity index (χ0) is 14.5. The second kappa shape index (κ2) is 12.9. The van der Waals surface area contributed by atoms with Crippen molar-refractivity contribution in [3.05, 3.63) is 6.92 Å². The minimum Gasteiger partial charge on any atom is -0.385 e. The first-order valence-electron chi connectivity index (χ1n) is 7.23. The van der Waals surface area contributed by atoms with E-state index in [1.165, 1.54) is 0 Å². The van der Waals surface area contributed by atoms with Gasteiger partial charge in [0.25, 0.3) is 0 Å². The molecule has 0 aromatic carbocycles. The molecule has 0 bridgehead atoms. The zero-order valence-corrected chi connectivity index (χ0v) is 13.0. The molecule has 3 unspecified atom stereocenters. The maximum atomic E-state index is 5.93. The number of hydrogen-bond acceptors (Lipinski definition) is 4. The molecule has 0 N–H and O–H groups in total. The Hall–Kier alpha value is -0.160. The van der Waals surface area contributed by atoms with Gasteiger partial charge >= 0.3 is 0 Å². The molecule has 0 fully saturated rings. The third kappa shape index (κ3) is 9.38. The van der Waals surface area contributed by atoms with Crippen LogP contribution in [0.25, 0.3) is 0 Å². The summed E-state index contributed by atoms with van der Waals surface area (Å²) in [6.45, 7) is 10.2. The van der Waals surface area contributed by atoms with Crippen LogP contribution >= 0.6 is 0 Å². The second-order valence-electron chi connectivity index (χ2n) is 4.75. The van der Waals surface area contributed by atoms with Crippen LogP contribution in [0, 0.1) is 6.92 Å².